The minimum Gasteiger partial charge on any atom is -0.339 e. The van der Waals surface area contributed by atoms with Crippen LogP contribution in [0.3, 0.4) is 0 Å². The number of hydrogen-bond donors (Lipinski definition) is 0. The van der Waals surface area contributed by atoms with Gasteiger partial charge in [0, 0.05) is 30.8 Å². The molecule has 0 fully saturated rings. The Morgan fingerprint density at radius 2 is 1.79 bits per heavy atom. The predicted molar refractivity (Wildman–Crippen MR) is 109 cm³/mol. The molecular weight excluding hydrogens is 353 g/mol. The van der Waals surface area contributed by atoms with Crippen molar-refractivity contribution in [3.05, 3.63) is 70.5 Å². The second-order valence-corrected chi connectivity index (χ2v) is 8.65. The molecule has 1 unspecified atom stereocenters. The van der Waals surface area contributed by atoms with Crippen LogP contribution in [0.4, 0.5) is 4.39 Å². The van der Waals surface area contributed by atoms with Gasteiger partial charge in [0.2, 0.25) is 11.7 Å². The number of guanidine groups is 1. The Morgan fingerprint density at radius 3 is 2.54 bits per heavy atom. The minimum absolute atomic E-state index is 0.131. The fourth-order valence-corrected chi connectivity index (χ4v) is 4.08. The Bertz CT molecular complexity index is 934. The van der Waals surface area contributed by atoms with E-state index in [1.54, 1.807) is 11.1 Å². The molecule has 1 aliphatic carbocycles. The zero-order valence-electron chi connectivity index (χ0n) is 17.3. The summed E-state index contributed by atoms with van der Waals surface area (Å²) in [5.41, 5.74) is 2.49. The van der Waals surface area contributed by atoms with Gasteiger partial charge < -0.3 is 4.90 Å². The first kappa shape index (κ1) is 18.9. The summed E-state index contributed by atoms with van der Waals surface area (Å²) in [6.45, 7) is 6.40. The van der Waals surface area contributed by atoms with Gasteiger partial charge in [-0.25, -0.2) is 19.3 Å². The van der Waals surface area contributed by atoms with Gasteiger partial charge in [-0.05, 0) is 57.2 Å². The molecule has 0 bridgehead atoms. The van der Waals surface area contributed by atoms with E-state index in [2.05, 4.69) is 37.8 Å². The SMILES string of the molecule is CN1OC2(N=C1N(C)C(C)(C)C)c1ccccc1CCCc1c(F)cccc12. The van der Waals surface area contributed by atoms with Gasteiger partial charge >= 0.3 is 0 Å². The van der Waals surface area contributed by atoms with E-state index in [4.69, 9.17) is 9.83 Å². The van der Waals surface area contributed by atoms with Crippen molar-refractivity contribution in [2.45, 2.75) is 51.3 Å². The maximum absolute atomic E-state index is 14.8. The minimum atomic E-state index is -1.07. The van der Waals surface area contributed by atoms with Gasteiger partial charge in [0.1, 0.15) is 5.82 Å². The lowest BCUT2D eigenvalue weighted by molar-refractivity contribution is -0.156. The van der Waals surface area contributed by atoms with Crippen LogP contribution in [0.25, 0.3) is 0 Å². The van der Waals surface area contributed by atoms with Gasteiger partial charge in [-0.3, -0.25) is 0 Å². The number of rotatable bonds is 0. The highest BCUT2D eigenvalue weighted by Crippen LogP contribution is 2.45. The standard InChI is InChI=1S/C23H28FN3O/c1-22(2,3)26(4)21-25-23(28-27(21)5)18-13-7-6-10-16(18)11-8-12-17-19(23)14-9-15-20(17)24/h6-7,9-10,13-15H,8,11-12H2,1-5H3. The second-order valence-electron chi connectivity index (χ2n) is 8.65. The summed E-state index contributed by atoms with van der Waals surface area (Å²) in [6, 6.07) is 13.5. The summed E-state index contributed by atoms with van der Waals surface area (Å²) in [4.78, 5) is 13.7. The summed E-state index contributed by atoms with van der Waals surface area (Å²) in [6.07, 6.45) is 2.44. The van der Waals surface area contributed by atoms with Crippen LogP contribution in [0.1, 0.15) is 49.4 Å². The molecule has 4 rings (SSSR count). The van der Waals surface area contributed by atoms with Gasteiger partial charge in [-0.15, -0.1) is 0 Å². The van der Waals surface area contributed by atoms with Gasteiger partial charge in [0.25, 0.3) is 0 Å². The highest BCUT2D eigenvalue weighted by atomic mass is 19.1. The van der Waals surface area contributed by atoms with Gasteiger partial charge in [0.15, 0.2) is 0 Å². The van der Waals surface area contributed by atoms with Crippen LogP contribution in [0.5, 0.6) is 0 Å². The van der Waals surface area contributed by atoms with E-state index in [1.165, 1.54) is 11.6 Å². The highest BCUT2D eigenvalue weighted by Gasteiger charge is 2.48. The summed E-state index contributed by atoms with van der Waals surface area (Å²) in [5.74, 6) is 0.549. The quantitative estimate of drug-likeness (QED) is 0.674. The van der Waals surface area contributed by atoms with Gasteiger partial charge in [-0.2, -0.15) is 0 Å². The van der Waals surface area contributed by atoms with Crippen molar-refractivity contribution in [1.29, 1.82) is 0 Å². The van der Waals surface area contributed by atoms with Crippen LogP contribution in [0.2, 0.25) is 0 Å². The molecule has 2 aromatic carbocycles. The molecule has 0 amide bonds. The van der Waals surface area contributed by atoms with E-state index < -0.39 is 5.72 Å². The van der Waals surface area contributed by atoms with Crippen molar-refractivity contribution in [3.63, 3.8) is 0 Å². The molecule has 0 saturated carbocycles. The molecule has 0 aromatic heterocycles. The van der Waals surface area contributed by atoms with Crippen LogP contribution < -0.4 is 0 Å². The summed E-state index contributed by atoms with van der Waals surface area (Å²) >= 11 is 0. The molecule has 5 heteroatoms. The maximum atomic E-state index is 14.8. The van der Waals surface area contributed by atoms with Crippen molar-refractivity contribution in [2.75, 3.05) is 14.1 Å². The number of halogens is 1. The Morgan fingerprint density at radius 1 is 1.07 bits per heavy atom. The number of benzene rings is 2. The molecule has 0 radical (unpaired) electrons. The predicted octanol–water partition coefficient (Wildman–Crippen LogP) is 4.48. The first-order valence-corrected chi connectivity index (χ1v) is 9.87. The fraction of sp³-hybridized carbons (Fsp3) is 0.435. The lowest BCUT2D eigenvalue weighted by Crippen LogP contribution is -2.47. The highest BCUT2D eigenvalue weighted by molar-refractivity contribution is 5.82. The van der Waals surface area contributed by atoms with E-state index in [0.717, 1.165) is 29.9 Å². The number of hydrogen-bond acceptors (Lipinski definition) is 4. The number of hydroxylamine groups is 2. The van der Waals surface area contributed by atoms with Crippen LogP contribution in [-0.4, -0.2) is 35.6 Å². The van der Waals surface area contributed by atoms with E-state index in [1.807, 2.05) is 32.3 Å². The summed E-state index contributed by atoms with van der Waals surface area (Å²) in [7, 11) is 3.88. The lowest BCUT2D eigenvalue weighted by atomic mass is 9.82. The van der Waals surface area contributed by atoms with Crippen molar-refractivity contribution in [3.8, 4) is 0 Å². The molecule has 0 saturated heterocycles. The smallest absolute Gasteiger partial charge is 0.240 e. The van der Waals surface area contributed by atoms with Crippen molar-refractivity contribution >= 4 is 5.96 Å². The van der Waals surface area contributed by atoms with E-state index in [-0.39, 0.29) is 11.4 Å². The zero-order chi connectivity index (χ0) is 20.1. The topological polar surface area (TPSA) is 28.1 Å². The normalized spacial score (nSPS) is 21.6. The van der Waals surface area contributed by atoms with Crippen LogP contribution in [-0.2, 0) is 23.4 Å². The molecule has 1 aliphatic heterocycles. The lowest BCUT2D eigenvalue weighted by Gasteiger charge is -2.35. The van der Waals surface area contributed by atoms with Crippen molar-refractivity contribution < 1.29 is 9.23 Å². The van der Waals surface area contributed by atoms with E-state index >= 15 is 0 Å². The van der Waals surface area contributed by atoms with Crippen molar-refractivity contribution in [2.24, 2.45) is 4.99 Å². The Kier molecular flexibility index (Phi) is 4.46. The zero-order valence-corrected chi connectivity index (χ0v) is 17.3. The molecule has 1 heterocycles. The molecule has 148 valence electrons. The Hall–Kier alpha value is -2.40. The van der Waals surface area contributed by atoms with Gasteiger partial charge in [0.05, 0.1) is 0 Å². The monoisotopic (exact) mass is 381 g/mol. The molecule has 28 heavy (non-hydrogen) atoms. The number of aryl methyl sites for hydroxylation is 1. The molecule has 2 aliphatic rings. The molecule has 1 spiro atoms. The third-order valence-corrected chi connectivity index (χ3v) is 5.85. The maximum Gasteiger partial charge on any atom is 0.240 e. The molecule has 0 N–H and O–H groups in total. The Labute approximate surface area is 166 Å². The first-order valence-electron chi connectivity index (χ1n) is 9.87. The van der Waals surface area contributed by atoms with Crippen LogP contribution >= 0.6 is 0 Å². The van der Waals surface area contributed by atoms with Crippen LogP contribution in [0.15, 0.2) is 47.5 Å². The average molecular weight is 381 g/mol. The largest absolute Gasteiger partial charge is 0.339 e. The van der Waals surface area contributed by atoms with Crippen LogP contribution in [0, 0.1) is 5.82 Å². The van der Waals surface area contributed by atoms with E-state index in [9.17, 15) is 4.39 Å². The van der Waals surface area contributed by atoms with Crippen molar-refractivity contribution in [1.82, 2.24) is 9.96 Å². The molecular formula is C23H28FN3O. The Balaban J connectivity index is 2.00. The van der Waals surface area contributed by atoms with E-state index in [0.29, 0.717) is 12.0 Å². The molecule has 2 aromatic rings. The summed E-state index contributed by atoms with van der Waals surface area (Å²) in [5, 5.41) is 1.72. The fourth-order valence-electron chi connectivity index (χ4n) is 4.08. The first-order chi connectivity index (χ1) is 13.2. The number of aliphatic imine (C=N–C) groups is 1. The third-order valence-electron chi connectivity index (χ3n) is 5.85. The third kappa shape index (κ3) is 2.89. The molecule has 4 nitrogen and oxygen atoms in total. The number of fused-ring (bicyclic) bond motifs is 4. The molecule has 1 atom stereocenters. The average Bonchev–Trinajstić information content (AvgIpc) is 2.99. The number of nitrogens with zero attached hydrogens (tertiary/aromatic N) is 3. The second kappa shape index (κ2) is 6.59. The van der Waals surface area contributed by atoms with Gasteiger partial charge in [-0.1, -0.05) is 36.4 Å². The summed E-state index contributed by atoms with van der Waals surface area (Å²) < 4.78 is 14.8.